The van der Waals surface area contributed by atoms with Gasteiger partial charge in [0, 0.05) is 37.8 Å². The number of rotatable bonds is 6. The van der Waals surface area contributed by atoms with Crippen molar-refractivity contribution in [1.82, 2.24) is 15.1 Å². The number of thioether (sulfide) groups is 1. The number of hydrogen-bond donors (Lipinski definition) is 1. The van der Waals surface area contributed by atoms with Crippen molar-refractivity contribution < 1.29 is 14.5 Å². The van der Waals surface area contributed by atoms with Gasteiger partial charge in [-0.05, 0) is 12.1 Å². The van der Waals surface area contributed by atoms with Crippen LogP contribution in [0.25, 0.3) is 0 Å². The Morgan fingerprint density at radius 3 is 2.64 bits per heavy atom. The van der Waals surface area contributed by atoms with Crippen molar-refractivity contribution in [3.63, 3.8) is 0 Å². The van der Waals surface area contributed by atoms with E-state index in [2.05, 4.69) is 10.2 Å². The Morgan fingerprint density at radius 1 is 1.29 bits per heavy atom. The molecule has 1 aliphatic rings. The van der Waals surface area contributed by atoms with Crippen LogP contribution >= 0.6 is 34.7 Å². The Hall–Kier alpha value is -2.44. The molecule has 1 aliphatic heterocycles. The van der Waals surface area contributed by atoms with Crippen LogP contribution in [-0.2, 0) is 4.79 Å². The summed E-state index contributed by atoms with van der Waals surface area (Å²) < 4.78 is 0.653. The lowest BCUT2D eigenvalue weighted by Crippen LogP contribution is -2.48. The van der Waals surface area contributed by atoms with Gasteiger partial charge in [-0.25, -0.2) is 0 Å². The van der Waals surface area contributed by atoms with Crippen molar-refractivity contribution in [2.45, 2.75) is 4.34 Å². The zero-order valence-electron chi connectivity index (χ0n) is 14.4. The van der Waals surface area contributed by atoms with Gasteiger partial charge in [0.25, 0.3) is 11.6 Å². The summed E-state index contributed by atoms with van der Waals surface area (Å²) in [4.78, 5) is 37.5. The molecule has 10 nitrogen and oxygen atoms in total. The number of piperazine rings is 1. The van der Waals surface area contributed by atoms with Crippen LogP contribution < -0.4 is 10.6 Å². The minimum atomic E-state index is -0.611. The average molecular weight is 443 g/mol. The first-order valence-electron chi connectivity index (χ1n) is 8.08. The predicted molar refractivity (Wildman–Crippen MR) is 106 cm³/mol. The highest BCUT2D eigenvalue weighted by molar-refractivity contribution is 8.01. The molecule has 0 bridgehead atoms. The van der Waals surface area contributed by atoms with Gasteiger partial charge in [-0.15, -0.1) is 10.2 Å². The second kappa shape index (κ2) is 8.71. The number of hydrogen-bond acceptors (Lipinski definition) is 9. The Kier molecular flexibility index (Phi) is 6.31. The van der Waals surface area contributed by atoms with Crippen LogP contribution in [0.4, 0.5) is 10.8 Å². The number of aromatic nitrogens is 2. The first kappa shape index (κ1) is 20.3. The SMILES string of the molecule is NC(=O)CSc1nnc(N2CCN(C(=O)c3ccc(Cl)c([N+](=O)[O-])c3)CC2)s1. The summed E-state index contributed by atoms with van der Waals surface area (Å²) in [5.74, 6) is -0.560. The van der Waals surface area contributed by atoms with E-state index in [4.69, 9.17) is 17.3 Å². The summed E-state index contributed by atoms with van der Waals surface area (Å²) in [6.45, 7) is 1.99. The van der Waals surface area contributed by atoms with Gasteiger partial charge in [0.05, 0.1) is 10.7 Å². The molecule has 3 rings (SSSR count). The van der Waals surface area contributed by atoms with E-state index in [-0.39, 0.29) is 27.9 Å². The van der Waals surface area contributed by atoms with Gasteiger partial charge >= 0.3 is 0 Å². The highest BCUT2D eigenvalue weighted by Crippen LogP contribution is 2.29. The third-order valence-corrected chi connectivity index (χ3v) is 6.42. The quantitative estimate of drug-likeness (QED) is 0.405. The molecule has 1 aromatic carbocycles. The fourth-order valence-electron chi connectivity index (χ4n) is 2.59. The van der Waals surface area contributed by atoms with E-state index in [9.17, 15) is 19.7 Å². The highest BCUT2D eigenvalue weighted by atomic mass is 35.5. The molecule has 0 aliphatic carbocycles. The molecule has 1 saturated heterocycles. The summed E-state index contributed by atoms with van der Waals surface area (Å²) in [7, 11) is 0. The van der Waals surface area contributed by atoms with Crippen LogP contribution in [0.5, 0.6) is 0 Å². The second-order valence-electron chi connectivity index (χ2n) is 5.81. The average Bonchev–Trinajstić information content (AvgIpc) is 3.15. The van der Waals surface area contributed by atoms with Gasteiger partial charge in [-0.3, -0.25) is 19.7 Å². The highest BCUT2D eigenvalue weighted by Gasteiger charge is 2.26. The molecule has 0 radical (unpaired) electrons. The molecule has 148 valence electrons. The predicted octanol–water partition coefficient (Wildman–Crippen LogP) is 1.64. The lowest BCUT2D eigenvalue weighted by atomic mass is 10.1. The molecular weight excluding hydrogens is 428 g/mol. The second-order valence-corrected chi connectivity index (χ2v) is 8.39. The summed E-state index contributed by atoms with van der Waals surface area (Å²) in [5.41, 5.74) is 5.06. The van der Waals surface area contributed by atoms with Gasteiger partial charge in [0.1, 0.15) is 5.02 Å². The molecule has 2 aromatic rings. The Bertz CT molecular complexity index is 916. The summed E-state index contributed by atoms with van der Waals surface area (Å²) in [5, 5.41) is 19.9. The molecule has 2 N–H and O–H groups in total. The molecule has 1 aromatic heterocycles. The Labute approximate surface area is 172 Å². The molecule has 0 spiro atoms. The number of nitrogens with zero attached hydrogens (tertiary/aromatic N) is 5. The number of amides is 2. The van der Waals surface area contributed by atoms with E-state index >= 15 is 0 Å². The number of nitro groups is 1. The topological polar surface area (TPSA) is 136 Å². The van der Waals surface area contributed by atoms with Crippen LogP contribution in [-0.4, -0.2) is 63.8 Å². The molecule has 2 amide bonds. The maximum Gasteiger partial charge on any atom is 0.288 e. The van der Waals surface area contributed by atoms with Gasteiger partial charge in [0.2, 0.25) is 11.0 Å². The molecule has 28 heavy (non-hydrogen) atoms. The zero-order valence-corrected chi connectivity index (χ0v) is 16.8. The fraction of sp³-hybridized carbons (Fsp3) is 0.333. The number of anilines is 1. The van der Waals surface area contributed by atoms with Crippen molar-refractivity contribution in [3.8, 4) is 0 Å². The molecule has 0 saturated carbocycles. The van der Waals surface area contributed by atoms with Crippen molar-refractivity contribution >= 4 is 57.3 Å². The normalized spacial score (nSPS) is 14.2. The lowest BCUT2D eigenvalue weighted by Gasteiger charge is -2.34. The number of halogens is 1. The van der Waals surface area contributed by atoms with Gasteiger partial charge in [-0.2, -0.15) is 0 Å². The van der Waals surface area contributed by atoms with Crippen LogP contribution in [0.15, 0.2) is 22.5 Å². The molecule has 13 heteroatoms. The smallest absolute Gasteiger partial charge is 0.288 e. The third-order valence-electron chi connectivity index (χ3n) is 3.96. The minimum absolute atomic E-state index is 0.00681. The number of carbonyl (C=O) groups is 2. The van der Waals surface area contributed by atoms with E-state index in [1.54, 1.807) is 4.90 Å². The van der Waals surface area contributed by atoms with Crippen LogP contribution in [0.2, 0.25) is 5.02 Å². The molecule has 0 atom stereocenters. The van der Waals surface area contributed by atoms with Crippen molar-refractivity contribution in [2.75, 3.05) is 36.8 Å². The summed E-state index contributed by atoms with van der Waals surface area (Å²) in [6.07, 6.45) is 0. The standard InChI is InChI=1S/C15H15ClN6O4S2/c16-10-2-1-9(7-11(10)22(25)26)13(24)20-3-5-21(6-4-20)14-18-19-15(28-14)27-8-12(17)23/h1-2,7H,3-6,8H2,(H2,17,23). The van der Waals surface area contributed by atoms with Crippen LogP contribution in [0.1, 0.15) is 10.4 Å². The van der Waals surface area contributed by atoms with E-state index < -0.39 is 10.8 Å². The Balaban J connectivity index is 1.61. The lowest BCUT2D eigenvalue weighted by molar-refractivity contribution is -0.384. The summed E-state index contributed by atoms with van der Waals surface area (Å²) >= 11 is 8.39. The third kappa shape index (κ3) is 4.69. The molecule has 2 heterocycles. The number of carbonyl (C=O) groups excluding carboxylic acids is 2. The first-order chi connectivity index (χ1) is 13.3. The largest absolute Gasteiger partial charge is 0.369 e. The molecule has 1 fully saturated rings. The van der Waals surface area contributed by atoms with E-state index in [0.717, 1.165) is 0 Å². The zero-order chi connectivity index (χ0) is 20.3. The van der Waals surface area contributed by atoms with E-state index in [1.165, 1.54) is 41.3 Å². The van der Waals surface area contributed by atoms with Crippen molar-refractivity contribution in [3.05, 3.63) is 38.9 Å². The van der Waals surface area contributed by atoms with E-state index in [0.29, 0.717) is 35.7 Å². The maximum absolute atomic E-state index is 12.7. The summed E-state index contributed by atoms with van der Waals surface area (Å²) in [6, 6.07) is 4.04. The first-order valence-corrected chi connectivity index (χ1v) is 10.3. The molecular formula is C15H15ClN6O4S2. The van der Waals surface area contributed by atoms with Gasteiger partial charge < -0.3 is 15.5 Å². The Morgan fingerprint density at radius 2 is 2.00 bits per heavy atom. The van der Waals surface area contributed by atoms with Crippen LogP contribution in [0.3, 0.4) is 0 Å². The fourth-order valence-corrected chi connectivity index (χ4v) is 4.41. The maximum atomic E-state index is 12.7. The van der Waals surface area contributed by atoms with Crippen molar-refractivity contribution in [1.29, 1.82) is 0 Å². The number of benzene rings is 1. The van der Waals surface area contributed by atoms with E-state index in [1.807, 2.05) is 4.90 Å². The number of primary amides is 1. The van der Waals surface area contributed by atoms with Gasteiger partial charge in [-0.1, -0.05) is 34.7 Å². The number of nitro benzene ring substituents is 1. The molecule has 0 unspecified atom stereocenters. The van der Waals surface area contributed by atoms with Crippen LogP contribution in [0, 0.1) is 10.1 Å². The van der Waals surface area contributed by atoms with Gasteiger partial charge in [0.15, 0.2) is 4.34 Å². The van der Waals surface area contributed by atoms with Crippen molar-refractivity contribution in [2.24, 2.45) is 5.73 Å². The minimum Gasteiger partial charge on any atom is -0.369 e. The number of nitrogens with two attached hydrogens (primary N) is 1. The monoisotopic (exact) mass is 442 g/mol.